The van der Waals surface area contributed by atoms with E-state index in [9.17, 15) is 30.0 Å². The van der Waals surface area contributed by atoms with Crippen LogP contribution in [0.5, 0.6) is 0 Å². The molecule has 0 aliphatic heterocycles. The number of carbonyl (C=O) groups excluding carboxylic acids is 2. The number of hydrogen-bond acceptors (Lipinski definition) is 7. The van der Waals surface area contributed by atoms with Crippen molar-refractivity contribution in [3.05, 3.63) is 35.9 Å². The van der Waals surface area contributed by atoms with E-state index in [2.05, 4.69) is 5.32 Å². The lowest BCUT2D eigenvalue weighted by Gasteiger charge is -2.25. The number of esters is 1. The molecule has 1 rings (SSSR count). The van der Waals surface area contributed by atoms with Gasteiger partial charge in [0.25, 0.3) is 5.91 Å². The molecule has 0 aliphatic rings. The van der Waals surface area contributed by atoms with Gasteiger partial charge in [-0.05, 0) is 18.6 Å². The van der Waals surface area contributed by atoms with Crippen LogP contribution in [0.1, 0.15) is 57.2 Å². The average molecular weight is 413 g/mol. The Morgan fingerprint density at radius 2 is 1.66 bits per heavy atom. The van der Waals surface area contributed by atoms with Gasteiger partial charge >= 0.3 is 5.97 Å². The summed E-state index contributed by atoms with van der Waals surface area (Å²) in [6.45, 7) is 0.140. The first-order valence-corrected chi connectivity index (χ1v) is 9.90. The molecule has 8 nitrogen and oxygen atoms in total. The quantitative estimate of drug-likeness (QED) is 0.225. The second kappa shape index (κ2) is 14.1. The van der Waals surface area contributed by atoms with Crippen molar-refractivity contribution in [2.45, 2.75) is 69.8 Å². The van der Waals surface area contributed by atoms with Gasteiger partial charge in [-0.2, -0.15) is 0 Å². The Morgan fingerprint density at radius 1 is 1.00 bits per heavy atom. The largest absolute Gasteiger partial charge is 0.459 e. The summed E-state index contributed by atoms with van der Waals surface area (Å²) in [5, 5.41) is 42.2. The molecule has 0 radical (unpaired) electrons. The molecule has 8 heteroatoms. The third-order valence-corrected chi connectivity index (χ3v) is 4.46. The van der Waals surface area contributed by atoms with Gasteiger partial charge in [-0.15, -0.1) is 0 Å². The number of unbranched alkanes of at least 4 members (excludes halogenated alkanes) is 5. The third-order valence-electron chi connectivity index (χ3n) is 4.46. The van der Waals surface area contributed by atoms with Crippen molar-refractivity contribution in [3.63, 3.8) is 0 Å². The van der Waals surface area contributed by atoms with E-state index in [4.69, 9.17) is 6.11 Å². The number of hydrogen-bond donors (Lipinski definition) is 5. The minimum atomic E-state index is -1.94. The molecule has 0 aromatic heterocycles. The molecule has 29 heavy (non-hydrogen) atoms. The van der Waals surface area contributed by atoms with Gasteiger partial charge in [-0.3, -0.25) is 4.79 Å². The first-order chi connectivity index (χ1) is 14.4. The molecule has 1 aromatic carbocycles. The summed E-state index contributed by atoms with van der Waals surface area (Å²) in [4.78, 5) is 23.7. The fraction of sp³-hybridized carbons (Fsp3) is 0.619. The SMILES string of the molecule is [2H]CCCCCCCCNC(=O)[C@H](O)[C@@H](O)[C@H](O)[C@H](O)COC(=O)c1ccccc1. The van der Waals surface area contributed by atoms with Crippen molar-refractivity contribution >= 4 is 11.9 Å². The Kier molecular flexibility index (Phi) is 11.3. The zero-order valence-corrected chi connectivity index (χ0v) is 16.6. The minimum absolute atomic E-state index is 0.260. The summed E-state index contributed by atoms with van der Waals surface area (Å²) >= 11 is 0. The van der Waals surface area contributed by atoms with Crippen molar-refractivity contribution in [2.75, 3.05) is 13.2 Å². The molecular formula is C21H33NO7. The van der Waals surface area contributed by atoms with E-state index in [-0.39, 0.29) is 5.56 Å². The van der Waals surface area contributed by atoms with Gasteiger partial charge in [-0.25, -0.2) is 4.79 Å². The Labute approximate surface area is 172 Å². The maximum absolute atomic E-state index is 11.9. The van der Waals surface area contributed by atoms with Crippen molar-refractivity contribution in [3.8, 4) is 0 Å². The maximum atomic E-state index is 11.9. The molecule has 0 heterocycles. The highest BCUT2D eigenvalue weighted by atomic mass is 16.5. The highest BCUT2D eigenvalue weighted by Gasteiger charge is 2.34. The fourth-order valence-electron chi connectivity index (χ4n) is 2.63. The summed E-state index contributed by atoms with van der Waals surface area (Å²) in [7, 11) is 0. The molecule has 4 atom stereocenters. The van der Waals surface area contributed by atoms with Crippen LogP contribution in [-0.4, -0.2) is 69.9 Å². The predicted octanol–water partition coefficient (Wildman–Crippen LogP) is 0.764. The number of amides is 1. The first kappa shape index (κ1) is 23.3. The highest BCUT2D eigenvalue weighted by Crippen LogP contribution is 2.09. The van der Waals surface area contributed by atoms with Gasteiger partial charge < -0.3 is 30.5 Å². The highest BCUT2D eigenvalue weighted by molar-refractivity contribution is 5.89. The number of carbonyl (C=O) groups is 2. The van der Waals surface area contributed by atoms with Crippen molar-refractivity contribution < 1.29 is 36.1 Å². The van der Waals surface area contributed by atoms with Gasteiger partial charge in [0, 0.05) is 7.92 Å². The zero-order valence-electron chi connectivity index (χ0n) is 17.6. The molecule has 1 aromatic rings. The van der Waals surface area contributed by atoms with E-state index in [1.165, 1.54) is 12.1 Å². The Balaban J connectivity index is 2.29. The first-order valence-electron chi connectivity index (χ1n) is 10.6. The molecule has 0 aliphatic carbocycles. The maximum Gasteiger partial charge on any atom is 0.338 e. The number of rotatable bonds is 14. The smallest absolute Gasteiger partial charge is 0.338 e. The third kappa shape index (κ3) is 9.36. The average Bonchev–Trinajstić information content (AvgIpc) is 2.77. The topological polar surface area (TPSA) is 136 Å². The van der Waals surface area contributed by atoms with E-state index < -0.39 is 42.9 Å². The summed E-state index contributed by atoms with van der Waals surface area (Å²) in [5.74, 6) is -1.57. The second-order valence-electron chi connectivity index (χ2n) is 6.87. The zero-order chi connectivity index (χ0) is 22.4. The van der Waals surface area contributed by atoms with Crippen LogP contribution in [0.25, 0.3) is 0 Å². The molecule has 0 saturated heterocycles. The van der Waals surface area contributed by atoms with E-state index >= 15 is 0 Å². The minimum Gasteiger partial charge on any atom is -0.459 e. The molecule has 5 N–H and O–H groups in total. The molecule has 164 valence electrons. The Bertz CT molecular complexity index is 617. The molecule has 0 spiro atoms. The summed E-state index contributed by atoms with van der Waals surface area (Å²) < 4.78 is 11.9. The fourth-order valence-corrected chi connectivity index (χ4v) is 2.63. The van der Waals surface area contributed by atoms with E-state index in [1.54, 1.807) is 18.2 Å². The van der Waals surface area contributed by atoms with E-state index in [0.717, 1.165) is 32.1 Å². The number of benzene rings is 1. The molecule has 0 bridgehead atoms. The van der Waals surface area contributed by atoms with Crippen LogP contribution in [0.2, 0.25) is 0 Å². The summed E-state index contributed by atoms with van der Waals surface area (Å²) in [6.07, 6.45) is -1.91. The monoisotopic (exact) mass is 412 g/mol. The number of ether oxygens (including phenoxy) is 1. The number of aliphatic hydroxyl groups excluding tert-OH is 4. The van der Waals surface area contributed by atoms with Crippen LogP contribution in [0.15, 0.2) is 30.3 Å². The van der Waals surface area contributed by atoms with Crippen LogP contribution in [0.3, 0.4) is 0 Å². The molecule has 0 saturated carbocycles. The van der Waals surface area contributed by atoms with Crippen LogP contribution in [-0.2, 0) is 9.53 Å². The van der Waals surface area contributed by atoms with Crippen molar-refractivity contribution in [1.82, 2.24) is 5.32 Å². The second-order valence-corrected chi connectivity index (χ2v) is 6.87. The summed E-state index contributed by atoms with van der Waals surface area (Å²) in [6, 6.07) is 8.04. The van der Waals surface area contributed by atoms with Crippen molar-refractivity contribution in [1.29, 1.82) is 0 Å². The van der Waals surface area contributed by atoms with Gasteiger partial charge in [0.15, 0.2) is 6.10 Å². The molecule has 0 unspecified atom stereocenters. The number of aliphatic hydroxyl groups is 4. The number of nitrogens with one attached hydrogen (secondary N) is 1. The van der Waals surface area contributed by atoms with Crippen molar-refractivity contribution in [2.24, 2.45) is 0 Å². The predicted molar refractivity (Wildman–Crippen MR) is 107 cm³/mol. The van der Waals surface area contributed by atoms with Crippen LogP contribution in [0, 0.1) is 0 Å². The lowest BCUT2D eigenvalue weighted by molar-refractivity contribution is -0.149. The Hall–Kier alpha value is -2.00. The standard InChI is InChI=1S/C21H33NO7/c1-2-3-4-5-6-10-13-22-20(27)19(26)18(25)17(24)16(23)14-29-21(28)15-11-8-7-9-12-15/h7-9,11-12,16-19,23-26H,2-6,10,13-14H2,1H3,(H,22,27)/t16-,17-,18+,19-/m1/s1/i1D. The summed E-state index contributed by atoms with van der Waals surface area (Å²) in [5.41, 5.74) is 0.260. The molecule has 1 amide bonds. The normalized spacial score (nSPS) is 15.7. The van der Waals surface area contributed by atoms with Crippen LogP contribution in [0.4, 0.5) is 0 Å². The lowest BCUT2D eigenvalue weighted by atomic mass is 10.0. The van der Waals surface area contributed by atoms with Gasteiger partial charge in [0.2, 0.25) is 0 Å². The van der Waals surface area contributed by atoms with Gasteiger partial charge in [0.1, 0.15) is 24.9 Å². The lowest BCUT2D eigenvalue weighted by Crippen LogP contribution is -2.52. The van der Waals surface area contributed by atoms with Gasteiger partial charge in [0.05, 0.1) is 5.56 Å². The Morgan fingerprint density at radius 3 is 2.34 bits per heavy atom. The van der Waals surface area contributed by atoms with E-state index in [0.29, 0.717) is 19.9 Å². The van der Waals surface area contributed by atoms with Crippen LogP contribution >= 0.6 is 0 Å². The molecular weight excluding hydrogens is 378 g/mol. The van der Waals surface area contributed by atoms with E-state index in [1.807, 2.05) is 0 Å². The van der Waals surface area contributed by atoms with Crippen LogP contribution < -0.4 is 5.32 Å². The van der Waals surface area contributed by atoms with Gasteiger partial charge in [-0.1, -0.05) is 57.2 Å². The molecule has 0 fully saturated rings.